The molecule has 0 aliphatic heterocycles. The van der Waals surface area contributed by atoms with E-state index in [4.69, 9.17) is 4.74 Å². The van der Waals surface area contributed by atoms with Gasteiger partial charge in [-0.25, -0.2) is 0 Å². The Bertz CT molecular complexity index is 114. The molecule has 1 fully saturated rings. The van der Waals surface area contributed by atoms with E-state index in [9.17, 15) is 5.11 Å². The largest absolute Gasteiger partial charge is 0.390 e. The summed E-state index contributed by atoms with van der Waals surface area (Å²) in [6.45, 7) is 2.20. The first kappa shape index (κ1) is 9.01. The Morgan fingerprint density at radius 1 is 1.45 bits per heavy atom. The SMILES string of the molecule is CCC1CC[C@H](O)[C@H](OC)C1. The summed E-state index contributed by atoms with van der Waals surface area (Å²) in [7, 11) is 1.69. The highest BCUT2D eigenvalue weighted by atomic mass is 16.5. The van der Waals surface area contributed by atoms with Crippen LogP contribution in [0.2, 0.25) is 0 Å². The van der Waals surface area contributed by atoms with Crippen molar-refractivity contribution in [3.63, 3.8) is 0 Å². The lowest BCUT2D eigenvalue weighted by Crippen LogP contribution is -2.34. The van der Waals surface area contributed by atoms with Gasteiger partial charge in [0.05, 0.1) is 12.2 Å². The molecule has 0 spiro atoms. The van der Waals surface area contributed by atoms with Gasteiger partial charge in [-0.1, -0.05) is 13.3 Å². The second-order valence-corrected chi connectivity index (χ2v) is 3.43. The van der Waals surface area contributed by atoms with Crippen LogP contribution in [0.3, 0.4) is 0 Å². The first-order valence-electron chi connectivity index (χ1n) is 4.48. The third kappa shape index (κ3) is 2.17. The fraction of sp³-hybridized carbons (Fsp3) is 1.00. The minimum atomic E-state index is -0.220. The van der Waals surface area contributed by atoms with Crippen LogP contribution in [0.1, 0.15) is 32.6 Å². The van der Waals surface area contributed by atoms with Crippen molar-refractivity contribution in [2.75, 3.05) is 7.11 Å². The Hall–Kier alpha value is -0.0800. The highest BCUT2D eigenvalue weighted by molar-refractivity contribution is 4.79. The van der Waals surface area contributed by atoms with E-state index < -0.39 is 0 Å². The molecule has 2 heteroatoms. The zero-order valence-electron chi connectivity index (χ0n) is 7.42. The monoisotopic (exact) mass is 158 g/mol. The van der Waals surface area contributed by atoms with Crippen molar-refractivity contribution in [2.45, 2.75) is 44.8 Å². The van der Waals surface area contributed by atoms with Crippen LogP contribution in [-0.4, -0.2) is 24.4 Å². The maximum Gasteiger partial charge on any atom is 0.0832 e. The van der Waals surface area contributed by atoms with Crippen LogP contribution in [0, 0.1) is 5.92 Å². The Kier molecular flexibility index (Phi) is 3.34. The van der Waals surface area contributed by atoms with E-state index in [1.54, 1.807) is 7.11 Å². The molecule has 1 N–H and O–H groups in total. The molecular formula is C9H18O2. The van der Waals surface area contributed by atoms with Crippen LogP contribution in [0.5, 0.6) is 0 Å². The predicted molar refractivity (Wildman–Crippen MR) is 44.4 cm³/mol. The van der Waals surface area contributed by atoms with Crippen LogP contribution >= 0.6 is 0 Å². The van der Waals surface area contributed by atoms with Crippen molar-refractivity contribution in [1.82, 2.24) is 0 Å². The molecule has 0 amide bonds. The molecule has 0 heterocycles. The van der Waals surface area contributed by atoms with Gasteiger partial charge in [0.25, 0.3) is 0 Å². The van der Waals surface area contributed by atoms with Crippen LogP contribution in [0.15, 0.2) is 0 Å². The molecule has 1 unspecified atom stereocenters. The summed E-state index contributed by atoms with van der Waals surface area (Å²) in [5.74, 6) is 0.767. The maximum absolute atomic E-state index is 9.46. The molecule has 66 valence electrons. The molecule has 1 saturated carbocycles. The van der Waals surface area contributed by atoms with E-state index in [0.29, 0.717) is 0 Å². The van der Waals surface area contributed by atoms with Crippen molar-refractivity contribution in [2.24, 2.45) is 5.92 Å². The van der Waals surface area contributed by atoms with Gasteiger partial charge < -0.3 is 9.84 Å². The topological polar surface area (TPSA) is 29.5 Å². The van der Waals surface area contributed by atoms with E-state index in [1.807, 2.05) is 0 Å². The molecular weight excluding hydrogens is 140 g/mol. The maximum atomic E-state index is 9.46. The van der Waals surface area contributed by atoms with Crippen LogP contribution in [-0.2, 0) is 4.74 Å². The molecule has 0 saturated heterocycles. The number of aliphatic hydroxyl groups is 1. The minimum absolute atomic E-state index is 0.0914. The van der Waals surface area contributed by atoms with E-state index in [1.165, 1.54) is 6.42 Å². The quantitative estimate of drug-likeness (QED) is 0.661. The van der Waals surface area contributed by atoms with Crippen molar-refractivity contribution in [1.29, 1.82) is 0 Å². The number of ether oxygens (including phenoxy) is 1. The Morgan fingerprint density at radius 3 is 2.73 bits per heavy atom. The second-order valence-electron chi connectivity index (χ2n) is 3.43. The lowest BCUT2D eigenvalue weighted by Gasteiger charge is -2.31. The first-order valence-corrected chi connectivity index (χ1v) is 4.48. The molecule has 0 aromatic carbocycles. The van der Waals surface area contributed by atoms with Crippen molar-refractivity contribution in [3.8, 4) is 0 Å². The van der Waals surface area contributed by atoms with Gasteiger partial charge in [-0.3, -0.25) is 0 Å². The Morgan fingerprint density at radius 2 is 2.18 bits per heavy atom. The number of methoxy groups -OCH3 is 1. The highest BCUT2D eigenvalue weighted by Crippen LogP contribution is 2.28. The number of rotatable bonds is 2. The normalized spacial score (nSPS) is 39.0. The summed E-state index contributed by atoms with van der Waals surface area (Å²) >= 11 is 0. The lowest BCUT2D eigenvalue weighted by molar-refractivity contribution is -0.0507. The van der Waals surface area contributed by atoms with Crippen LogP contribution in [0.25, 0.3) is 0 Å². The first-order chi connectivity index (χ1) is 5.27. The second kappa shape index (κ2) is 4.07. The van der Waals surface area contributed by atoms with E-state index in [2.05, 4.69) is 6.92 Å². The van der Waals surface area contributed by atoms with Gasteiger partial charge in [0.15, 0.2) is 0 Å². The zero-order valence-corrected chi connectivity index (χ0v) is 7.42. The van der Waals surface area contributed by atoms with E-state index in [0.717, 1.165) is 25.2 Å². The molecule has 2 nitrogen and oxygen atoms in total. The highest BCUT2D eigenvalue weighted by Gasteiger charge is 2.27. The Labute approximate surface area is 68.6 Å². The summed E-state index contributed by atoms with van der Waals surface area (Å²) in [5.41, 5.74) is 0. The van der Waals surface area contributed by atoms with Gasteiger partial charge in [0, 0.05) is 7.11 Å². The van der Waals surface area contributed by atoms with Gasteiger partial charge in [-0.05, 0) is 25.2 Å². The van der Waals surface area contributed by atoms with Gasteiger partial charge in [0.1, 0.15) is 0 Å². The van der Waals surface area contributed by atoms with Gasteiger partial charge in [0.2, 0.25) is 0 Å². The number of hydrogen-bond acceptors (Lipinski definition) is 2. The van der Waals surface area contributed by atoms with Crippen LogP contribution in [0.4, 0.5) is 0 Å². The summed E-state index contributed by atoms with van der Waals surface area (Å²) < 4.78 is 5.19. The predicted octanol–water partition coefficient (Wildman–Crippen LogP) is 1.57. The minimum Gasteiger partial charge on any atom is -0.390 e. The number of hydrogen-bond donors (Lipinski definition) is 1. The molecule has 0 bridgehead atoms. The van der Waals surface area contributed by atoms with Crippen molar-refractivity contribution in [3.05, 3.63) is 0 Å². The summed E-state index contributed by atoms with van der Waals surface area (Å²) in [6, 6.07) is 0. The third-order valence-electron chi connectivity index (χ3n) is 2.75. The fourth-order valence-electron chi connectivity index (χ4n) is 1.82. The molecule has 1 rings (SSSR count). The van der Waals surface area contributed by atoms with Crippen LogP contribution < -0.4 is 0 Å². The van der Waals surface area contributed by atoms with Gasteiger partial charge in [-0.15, -0.1) is 0 Å². The average molecular weight is 158 g/mol. The average Bonchev–Trinajstić information content (AvgIpc) is 2.05. The summed E-state index contributed by atoms with van der Waals surface area (Å²) in [6.07, 6.45) is 4.20. The molecule has 11 heavy (non-hydrogen) atoms. The molecule has 0 aromatic heterocycles. The van der Waals surface area contributed by atoms with Crippen molar-refractivity contribution >= 4 is 0 Å². The summed E-state index contributed by atoms with van der Waals surface area (Å²) in [4.78, 5) is 0. The standard InChI is InChI=1S/C9H18O2/c1-3-7-4-5-8(10)9(6-7)11-2/h7-10H,3-6H2,1-2H3/t7?,8-,9+/m0/s1. The molecule has 0 aromatic rings. The summed E-state index contributed by atoms with van der Waals surface area (Å²) in [5, 5.41) is 9.46. The van der Waals surface area contributed by atoms with Gasteiger partial charge >= 0.3 is 0 Å². The zero-order chi connectivity index (χ0) is 8.27. The lowest BCUT2D eigenvalue weighted by atomic mass is 9.84. The smallest absolute Gasteiger partial charge is 0.0832 e. The molecule has 0 radical (unpaired) electrons. The number of aliphatic hydroxyl groups excluding tert-OH is 1. The molecule has 1 aliphatic carbocycles. The van der Waals surface area contributed by atoms with E-state index >= 15 is 0 Å². The van der Waals surface area contributed by atoms with Gasteiger partial charge in [-0.2, -0.15) is 0 Å². The Balaban J connectivity index is 2.37. The fourth-order valence-corrected chi connectivity index (χ4v) is 1.82. The molecule has 3 atom stereocenters. The molecule has 1 aliphatic rings. The third-order valence-corrected chi connectivity index (χ3v) is 2.75. The van der Waals surface area contributed by atoms with E-state index in [-0.39, 0.29) is 12.2 Å². The van der Waals surface area contributed by atoms with Crippen molar-refractivity contribution < 1.29 is 9.84 Å².